The molecule has 0 aliphatic heterocycles. The quantitative estimate of drug-likeness (QED) is 0.153. The molecule has 5 heavy (non-hydrogen) atoms. The topological polar surface area (TPSA) is 53.2 Å². The van der Waals surface area contributed by atoms with Gasteiger partial charge in [0.25, 0.3) is 0 Å². The average Bonchev–Trinajstić information content (AvgIpc) is 1.37. The molecule has 0 heterocycles. The number of hydrogen-bond acceptors (Lipinski definition) is 3. The van der Waals surface area contributed by atoms with Crippen LogP contribution < -0.4 is 51.4 Å². The Labute approximate surface area is 73.4 Å². The Hall–Kier alpha value is 0.886. The summed E-state index contributed by atoms with van der Waals surface area (Å²) in [5.41, 5.74) is 0. The van der Waals surface area contributed by atoms with E-state index in [4.69, 9.17) is 10.5 Å². The van der Waals surface area contributed by atoms with E-state index in [2.05, 4.69) is 4.89 Å². The summed E-state index contributed by atoms with van der Waals surface area (Å²) < 4.78 is 0. The molecule has 1 N–H and O–H groups in total. The van der Waals surface area contributed by atoms with Gasteiger partial charge in [0, 0.05) is 0 Å². The summed E-state index contributed by atoms with van der Waals surface area (Å²) >= 11 is 0. The van der Waals surface area contributed by atoms with E-state index >= 15 is 0 Å². The first-order chi connectivity index (χ1) is 1.91. The number of hydrogen-bond donors (Lipinski definition) is 1. The monoisotopic (exact) mass is 99.0 g/mol. The van der Waals surface area contributed by atoms with Crippen molar-refractivity contribution in [2.45, 2.75) is 0 Å². The van der Waals surface area contributed by atoms with E-state index in [-0.39, 0.29) is 52.8 Å². The Morgan fingerprint density at radius 2 is 2.20 bits per heavy atom. The maximum absolute atomic E-state index is 7.15. The standard InChI is InChI=1S/CHNO2.K.H/c2-1-4-3;;/h3H;;/q;+1;-1. The largest absolute Gasteiger partial charge is 1.00 e. The zero-order valence-electron chi connectivity index (χ0n) is 3.80. The summed E-state index contributed by atoms with van der Waals surface area (Å²) in [4.78, 5) is 2.85. The Bertz CT molecular complexity index is 43.3. The summed E-state index contributed by atoms with van der Waals surface area (Å²) in [5, 5.41) is 14.2. The zero-order valence-corrected chi connectivity index (χ0v) is 5.93. The van der Waals surface area contributed by atoms with Gasteiger partial charge in [0.15, 0.2) is 0 Å². The van der Waals surface area contributed by atoms with Crippen molar-refractivity contribution in [2.24, 2.45) is 0 Å². The van der Waals surface area contributed by atoms with E-state index in [1.807, 2.05) is 0 Å². The van der Waals surface area contributed by atoms with Crippen molar-refractivity contribution in [3.8, 4) is 6.26 Å². The van der Waals surface area contributed by atoms with Crippen LogP contribution in [0.5, 0.6) is 0 Å². The molecule has 0 spiro atoms. The van der Waals surface area contributed by atoms with Gasteiger partial charge < -0.3 is 1.43 Å². The first-order valence-electron chi connectivity index (χ1n) is 0.610. The van der Waals surface area contributed by atoms with Crippen LogP contribution in [0.1, 0.15) is 1.43 Å². The predicted molar refractivity (Wildman–Crippen MR) is 10.4 cm³/mol. The van der Waals surface area contributed by atoms with E-state index in [1.165, 1.54) is 0 Å². The van der Waals surface area contributed by atoms with E-state index in [0.29, 0.717) is 0 Å². The van der Waals surface area contributed by atoms with Crippen LogP contribution in [0.3, 0.4) is 0 Å². The van der Waals surface area contributed by atoms with Crippen LogP contribution in [0.4, 0.5) is 0 Å². The minimum atomic E-state index is 0. The van der Waals surface area contributed by atoms with Crippen molar-refractivity contribution in [2.75, 3.05) is 0 Å². The van der Waals surface area contributed by atoms with E-state index in [0.717, 1.165) is 6.26 Å². The molecule has 0 amide bonds. The van der Waals surface area contributed by atoms with Crippen LogP contribution in [0.2, 0.25) is 0 Å². The smallest absolute Gasteiger partial charge is 1.00 e. The molecule has 0 radical (unpaired) electrons. The molecule has 0 rings (SSSR count). The van der Waals surface area contributed by atoms with Crippen molar-refractivity contribution in [3.63, 3.8) is 0 Å². The SMILES string of the molecule is N#COO.[H-].[K+]. The molecule has 24 valence electrons. The van der Waals surface area contributed by atoms with E-state index < -0.39 is 0 Å². The number of rotatable bonds is 0. The van der Waals surface area contributed by atoms with E-state index in [1.54, 1.807) is 0 Å². The van der Waals surface area contributed by atoms with Crippen LogP contribution in [-0.2, 0) is 4.89 Å². The fourth-order valence-electron chi connectivity index (χ4n) is 0. The Balaban J connectivity index is -0.0000000450. The third-order valence-electron chi connectivity index (χ3n) is 0.0408. The maximum Gasteiger partial charge on any atom is 1.00 e. The maximum atomic E-state index is 7.15. The molecule has 0 unspecified atom stereocenters. The van der Waals surface area contributed by atoms with E-state index in [9.17, 15) is 0 Å². The second-order valence-corrected chi connectivity index (χ2v) is 0.183. The Morgan fingerprint density at radius 1 is 2.00 bits per heavy atom. The molecule has 0 fully saturated rings. The summed E-state index contributed by atoms with van der Waals surface area (Å²) in [6.45, 7) is 0. The van der Waals surface area contributed by atoms with Gasteiger partial charge in [-0.05, 0) is 0 Å². The van der Waals surface area contributed by atoms with Gasteiger partial charge in [0.2, 0.25) is 0 Å². The molecule has 0 aromatic heterocycles. The molecule has 0 saturated heterocycles. The van der Waals surface area contributed by atoms with Gasteiger partial charge in [-0.1, -0.05) is 0 Å². The molecule has 4 heteroatoms. The molecule has 3 nitrogen and oxygen atoms in total. The van der Waals surface area contributed by atoms with Gasteiger partial charge in [-0.15, -0.1) is 5.26 Å². The van der Waals surface area contributed by atoms with Gasteiger partial charge >= 0.3 is 57.6 Å². The fourth-order valence-corrected chi connectivity index (χ4v) is 0. The zero-order chi connectivity index (χ0) is 3.41. The molecule has 0 aromatic rings. The average molecular weight is 99.1 g/mol. The van der Waals surface area contributed by atoms with Crippen molar-refractivity contribution in [3.05, 3.63) is 0 Å². The van der Waals surface area contributed by atoms with Crippen LogP contribution in [-0.4, -0.2) is 5.26 Å². The first kappa shape index (κ1) is 9.31. The minimum absolute atomic E-state index is 0. The molecular formula is CH2KNO2. The normalized spacial score (nSPS) is 3.20. The first-order valence-corrected chi connectivity index (χ1v) is 0.610. The van der Waals surface area contributed by atoms with Crippen molar-refractivity contribution in [1.82, 2.24) is 0 Å². The number of nitrogens with zero attached hydrogens (tertiary/aromatic N) is 1. The summed E-state index contributed by atoms with van der Waals surface area (Å²) in [7, 11) is 0. The molecular weight excluding hydrogens is 97.1 g/mol. The Kier molecular flexibility index (Phi) is 16.5. The van der Waals surface area contributed by atoms with Crippen molar-refractivity contribution < 1.29 is 63.0 Å². The summed E-state index contributed by atoms with van der Waals surface area (Å²) in [5.74, 6) is 0. The van der Waals surface area contributed by atoms with Crippen molar-refractivity contribution >= 4 is 0 Å². The second kappa shape index (κ2) is 8.86. The molecule has 0 atom stereocenters. The summed E-state index contributed by atoms with van der Waals surface area (Å²) in [6.07, 6.45) is 0.986. The minimum Gasteiger partial charge on any atom is -1.00 e. The van der Waals surface area contributed by atoms with Gasteiger partial charge in [0.05, 0.1) is 0 Å². The van der Waals surface area contributed by atoms with Gasteiger partial charge in [-0.25, -0.2) is 0 Å². The Morgan fingerprint density at radius 3 is 2.20 bits per heavy atom. The molecule has 0 aliphatic rings. The molecule has 0 aliphatic carbocycles. The van der Waals surface area contributed by atoms with Crippen molar-refractivity contribution in [1.29, 1.82) is 5.26 Å². The molecule has 0 bridgehead atoms. The van der Waals surface area contributed by atoms with Crippen LogP contribution >= 0.6 is 0 Å². The molecule has 0 aromatic carbocycles. The molecule has 0 saturated carbocycles. The fraction of sp³-hybridized carbons (Fsp3) is 0. The predicted octanol–water partition coefficient (Wildman–Crippen LogP) is -2.93. The third-order valence-corrected chi connectivity index (χ3v) is 0.0408. The van der Waals surface area contributed by atoms with Gasteiger partial charge in [0.1, 0.15) is 0 Å². The van der Waals surface area contributed by atoms with Crippen LogP contribution in [0.25, 0.3) is 0 Å². The number of nitriles is 1. The summed E-state index contributed by atoms with van der Waals surface area (Å²) in [6, 6.07) is 0. The van der Waals surface area contributed by atoms with Crippen LogP contribution in [0, 0.1) is 11.5 Å². The van der Waals surface area contributed by atoms with Gasteiger partial charge in [-0.3, -0.25) is 4.89 Å². The second-order valence-electron chi connectivity index (χ2n) is 0.183. The third kappa shape index (κ3) is 11.4. The van der Waals surface area contributed by atoms with Gasteiger partial charge in [-0.2, -0.15) is 5.26 Å². The van der Waals surface area contributed by atoms with Crippen LogP contribution in [0.15, 0.2) is 0 Å².